The first kappa shape index (κ1) is 18.1. The molecule has 134 valence electrons. The molecule has 0 spiro atoms. The number of aliphatic hydroxyl groups is 1. The van der Waals surface area contributed by atoms with E-state index in [4.69, 9.17) is 4.74 Å². The minimum atomic E-state index is -1.19. The normalized spacial score (nSPS) is 13.2. The summed E-state index contributed by atoms with van der Waals surface area (Å²) < 4.78 is 18.5. The molecule has 26 heavy (non-hydrogen) atoms. The average molecular weight is 352 g/mol. The lowest BCUT2D eigenvalue weighted by Crippen LogP contribution is -2.86. The first-order chi connectivity index (χ1) is 12.6. The van der Waals surface area contributed by atoms with E-state index < -0.39 is 5.60 Å². The summed E-state index contributed by atoms with van der Waals surface area (Å²) in [4.78, 5) is 0. The lowest BCUT2D eigenvalue weighted by molar-refractivity contribution is -0.682. The van der Waals surface area contributed by atoms with Crippen LogP contribution < -0.4 is 10.1 Å². The Morgan fingerprint density at radius 1 is 0.885 bits per heavy atom. The average Bonchev–Trinajstić information content (AvgIpc) is 2.69. The van der Waals surface area contributed by atoms with Crippen molar-refractivity contribution in [1.29, 1.82) is 0 Å². The SMILES string of the molecule is COc1ccc(C[NH2+]C[C@](O)(c2ccccc2)c2ccc(F)cc2)cc1. The Morgan fingerprint density at radius 2 is 1.50 bits per heavy atom. The lowest BCUT2D eigenvalue weighted by atomic mass is 9.86. The Hall–Kier alpha value is -2.69. The summed E-state index contributed by atoms with van der Waals surface area (Å²) in [5, 5.41) is 13.5. The second-order valence-corrected chi connectivity index (χ2v) is 6.28. The van der Waals surface area contributed by atoms with Crippen molar-refractivity contribution in [2.75, 3.05) is 13.7 Å². The van der Waals surface area contributed by atoms with Gasteiger partial charge in [0.05, 0.1) is 7.11 Å². The molecular weight excluding hydrogens is 329 g/mol. The number of hydrogen-bond acceptors (Lipinski definition) is 2. The summed E-state index contributed by atoms with van der Waals surface area (Å²) >= 11 is 0. The van der Waals surface area contributed by atoms with E-state index in [2.05, 4.69) is 5.32 Å². The van der Waals surface area contributed by atoms with Gasteiger partial charge < -0.3 is 15.2 Å². The van der Waals surface area contributed by atoms with Gasteiger partial charge in [0, 0.05) is 5.56 Å². The van der Waals surface area contributed by atoms with Crippen LogP contribution in [0, 0.1) is 5.82 Å². The number of ether oxygens (including phenoxy) is 1. The third kappa shape index (κ3) is 4.10. The zero-order valence-corrected chi connectivity index (χ0v) is 14.7. The molecule has 0 fully saturated rings. The van der Waals surface area contributed by atoms with E-state index in [1.54, 1.807) is 19.2 Å². The van der Waals surface area contributed by atoms with Gasteiger partial charge in [-0.3, -0.25) is 0 Å². The molecule has 1 atom stereocenters. The summed E-state index contributed by atoms with van der Waals surface area (Å²) in [6, 6.07) is 23.4. The van der Waals surface area contributed by atoms with Gasteiger partial charge in [-0.1, -0.05) is 42.5 Å². The first-order valence-electron chi connectivity index (χ1n) is 8.60. The summed E-state index contributed by atoms with van der Waals surface area (Å²) in [7, 11) is 1.64. The van der Waals surface area contributed by atoms with Crippen molar-refractivity contribution in [2.45, 2.75) is 12.1 Å². The smallest absolute Gasteiger partial charge is 0.163 e. The molecule has 3 aromatic carbocycles. The van der Waals surface area contributed by atoms with Crippen molar-refractivity contribution in [1.82, 2.24) is 0 Å². The molecule has 0 aliphatic rings. The van der Waals surface area contributed by atoms with Crippen LogP contribution in [0.15, 0.2) is 78.9 Å². The molecule has 3 N–H and O–H groups in total. The zero-order valence-electron chi connectivity index (χ0n) is 14.7. The molecule has 0 unspecified atom stereocenters. The summed E-state index contributed by atoms with van der Waals surface area (Å²) in [5.41, 5.74) is 1.41. The van der Waals surface area contributed by atoms with Gasteiger partial charge in [-0.15, -0.1) is 0 Å². The molecule has 0 aromatic heterocycles. The number of methoxy groups -OCH3 is 1. The Balaban J connectivity index is 1.78. The molecule has 4 heteroatoms. The number of benzene rings is 3. The molecule has 0 radical (unpaired) electrons. The molecule has 3 rings (SSSR count). The maximum absolute atomic E-state index is 13.3. The third-order valence-electron chi connectivity index (χ3n) is 4.55. The molecule has 0 saturated heterocycles. The van der Waals surface area contributed by atoms with Gasteiger partial charge in [-0.05, 0) is 47.5 Å². The summed E-state index contributed by atoms with van der Waals surface area (Å²) in [6.45, 7) is 1.15. The molecule has 0 aliphatic heterocycles. The lowest BCUT2D eigenvalue weighted by Gasteiger charge is -2.27. The highest BCUT2D eigenvalue weighted by atomic mass is 19.1. The Morgan fingerprint density at radius 3 is 2.12 bits per heavy atom. The largest absolute Gasteiger partial charge is 0.497 e. The number of nitrogens with two attached hydrogens (primary N) is 1. The second kappa shape index (κ2) is 8.13. The van der Waals surface area contributed by atoms with Crippen LogP contribution in [0.1, 0.15) is 16.7 Å². The van der Waals surface area contributed by atoms with E-state index in [9.17, 15) is 9.50 Å². The van der Waals surface area contributed by atoms with E-state index in [0.717, 1.165) is 23.4 Å². The monoisotopic (exact) mass is 352 g/mol. The quantitative estimate of drug-likeness (QED) is 0.687. The predicted octanol–water partition coefficient (Wildman–Crippen LogP) is 2.83. The van der Waals surface area contributed by atoms with Gasteiger partial charge in [0.25, 0.3) is 0 Å². The molecular formula is C22H23FNO2+. The van der Waals surface area contributed by atoms with Gasteiger partial charge in [0.1, 0.15) is 24.7 Å². The predicted molar refractivity (Wildman–Crippen MR) is 99.3 cm³/mol. The summed E-state index contributed by atoms with van der Waals surface area (Å²) in [6.07, 6.45) is 0. The molecule has 0 bridgehead atoms. The maximum Gasteiger partial charge on any atom is 0.163 e. The fourth-order valence-corrected chi connectivity index (χ4v) is 3.05. The van der Waals surface area contributed by atoms with Crippen molar-refractivity contribution < 1.29 is 19.6 Å². The highest BCUT2D eigenvalue weighted by molar-refractivity contribution is 5.36. The van der Waals surface area contributed by atoms with Crippen molar-refractivity contribution in [2.24, 2.45) is 0 Å². The van der Waals surface area contributed by atoms with Crippen molar-refractivity contribution >= 4 is 0 Å². The number of hydrogen-bond donors (Lipinski definition) is 2. The van der Waals surface area contributed by atoms with Gasteiger partial charge in [0.2, 0.25) is 0 Å². The van der Waals surface area contributed by atoms with Crippen LogP contribution in [-0.4, -0.2) is 18.8 Å². The Kier molecular flexibility index (Phi) is 5.66. The molecule has 0 aliphatic carbocycles. The van der Waals surface area contributed by atoms with Gasteiger partial charge in [0.15, 0.2) is 5.60 Å². The van der Waals surface area contributed by atoms with Crippen molar-refractivity contribution in [3.05, 3.63) is 101 Å². The van der Waals surface area contributed by atoms with Crippen LogP contribution >= 0.6 is 0 Å². The van der Waals surface area contributed by atoms with E-state index in [1.165, 1.54) is 12.1 Å². The molecule has 0 amide bonds. The molecule has 3 nitrogen and oxygen atoms in total. The second-order valence-electron chi connectivity index (χ2n) is 6.28. The summed E-state index contributed by atoms with van der Waals surface area (Å²) in [5.74, 6) is 0.507. The van der Waals surface area contributed by atoms with Crippen LogP contribution in [0.4, 0.5) is 4.39 Å². The number of halogens is 1. The van der Waals surface area contributed by atoms with Gasteiger partial charge in [-0.25, -0.2) is 4.39 Å². The van der Waals surface area contributed by atoms with Crippen LogP contribution in [0.5, 0.6) is 5.75 Å². The third-order valence-corrected chi connectivity index (χ3v) is 4.55. The number of quaternary nitrogens is 1. The standard InChI is InChI=1S/C22H22FNO2/c1-26-21-13-7-17(8-14-21)15-24-16-22(25,18-5-3-2-4-6-18)19-9-11-20(23)12-10-19/h2-14,24-25H,15-16H2,1H3/p+1/t22-/m0/s1. The van der Waals surface area contributed by atoms with Gasteiger partial charge >= 0.3 is 0 Å². The van der Waals surface area contributed by atoms with E-state index >= 15 is 0 Å². The molecule has 0 heterocycles. The minimum absolute atomic E-state index is 0.314. The topological polar surface area (TPSA) is 46.1 Å². The fraction of sp³-hybridized carbons (Fsp3) is 0.182. The number of rotatable bonds is 7. The van der Waals surface area contributed by atoms with Crippen molar-refractivity contribution in [3.8, 4) is 5.75 Å². The van der Waals surface area contributed by atoms with Crippen molar-refractivity contribution in [3.63, 3.8) is 0 Å². The van der Waals surface area contributed by atoms with E-state index in [-0.39, 0.29) is 5.82 Å². The molecule has 3 aromatic rings. The van der Waals surface area contributed by atoms with Crippen LogP contribution in [0.2, 0.25) is 0 Å². The molecule has 0 saturated carbocycles. The first-order valence-corrected chi connectivity index (χ1v) is 8.60. The Bertz CT molecular complexity index is 819. The fourth-order valence-electron chi connectivity index (χ4n) is 3.05. The highest BCUT2D eigenvalue weighted by Gasteiger charge is 2.33. The van der Waals surface area contributed by atoms with Crippen LogP contribution in [0.3, 0.4) is 0 Å². The van der Waals surface area contributed by atoms with E-state index in [1.807, 2.05) is 54.6 Å². The van der Waals surface area contributed by atoms with E-state index in [0.29, 0.717) is 12.1 Å². The maximum atomic E-state index is 13.3. The van der Waals surface area contributed by atoms with Crippen LogP contribution in [0.25, 0.3) is 0 Å². The van der Waals surface area contributed by atoms with Crippen LogP contribution in [-0.2, 0) is 12.1 Å². The minimum Gasteiger partial charge on any atom is -0.497 e. The van der Waals surface area contributed by atoms with Gasteiger partial charge in [-0.2, -0.15) is 0 Å². The highest BCUT2D eigenvalue weighted by Crippen LogP contribution is 2.28. The Labute approximate surface area is 153 Å². The zero-order chi connectivity index (χ0) is 18.4.